The third-order valence-corrected chi connectivity index (χ3v) is 2.83. The highest BCUT2D eigenvalue weighted by molar-refractivity contribution is 6.06. The van der Waals surface area contributed by atoms with Crippen LogP contribution in [0, 0.1) is 0 Å². The van der Waals surface area contributed by atoms with Gasteiger partial charge in [-0.3, -0.25) is 19.2 Å². The molecule has 1 saturated heterocycles. The second kappa shape index (κ2) is 4.57. The summed E-state index contributed by atoms with van der Waals surface area (Å²) in [6.45, 7) is 2.45. The monoisotopic (exact) mass is 236 g/mol. The highest BCUT2D eigenvalue weighted by Gasteiger charge is 2.38. The lowest BCUT2D eigenvalue weighted by atomic mass is 10.2. The maximum absolute atomic E-state index is 12.0. The molecule has 1 aliphatic rings. The van der Waals surface area contributed by atoms with Crippen LogP contribution in [0.1, 0.15) is 19.8 Å². The minimum absolute atomic E-state index is 0.100. The average molecular weight is 236 g/mol. The van der Waals surface area contributed by atoms with Crippen molar-refractivity contribution in [1.82, 2.24) is 14.7 Å². The van der Waals surface area contributed by atoms with Crippen molar-refractivity contribution in [1.29, 1.82) is 0 Å². The molecule has 17 heavy (non-hydrogen) atoms. The van der Waals surface area contributed by atoms with E-state index in [9.17, 15) is 9.59 Å². The van der Waals surface area contributed by atoms with Gasteiger partial charge in [-0.1, -0.05) is 6.92 Å². The average Bonchev–Trinajstić information content (AvgIpc) is 2.79. The molecular formula is C11H16N4O2. The number of imide groups is 1. The minimum Gasteiger partial charge on any atom is -0.358 e. The zero-order chi connectivity index (χ0) is 12.4. The number of carbonyl (C=O) groups excluding carboxylic acids is 2. The molecule has 1 N–H and O–H groups in total. The molecule has 0 spiro atoms. The predicted octanol–water partition coefficient (Wildman–Crippen LogP) is 0.369. The van der Waals surface area contributed by atoms with E-state index in [0.717, 1.165) is 12.2 Å². The van der Waals surface area contributed by atoms with Gasteiger partial charge in [-0.25, -0.2) is 0 Å². The Kier molecular flexibility index (Phi) is 3.12. The summed E-state index contributed by atoms with van der Waals surface area (Å²) in [5, 5.41) is 7.05. The van der Waals surface area contributed by atoms with Gasteiger partial charge in [-0.2, -0.15) is 5.10 Å². The van der Waals surface area contributed by atoms with Crippen molar-refractivity contribution < 1.29 is 9.59 Å². The predicted molar refractivity (Wildman–Crippen MR) is 62.2 cm³/mol. The van der Waals surface area contributed by atoms with Gasteiger partial charge in [0.05, 0.1) is 12.6 Å². The Bertz CT molecular complexity index is 440. The number of likely N-dealkylation sites (tertiary alicyclic amines) is 1. The van der Waals surface area contributed by atoms with E-state index < -0.39 is 6.04 Å². The summed E-state index contributed by atoms with van der Waals surface area (Å²) in [4.78, 5) is 24.9. The van der Waals surface area contributed by atoms with Crippen LogP contribution in [0.15, 0.2) is 12.3 Å². The van der Waals surface area contributed by atoms with Crippen LogP contribution in [0.5, 0.6) is 0 Å². The zero-order valence-corrected chi connectivity index (χ0v) is 10.0. The van der Waals surface area contributed by atoms with Gasteiger partial charge in [0.25, 0.3) is 5.91 Å². The van der Waals surface area contributed by atoms with Crippen LogP contribution in [0.3, 0.4) is 0 Å². The quantitative estimate of drug-likeness (QED) is 0.767. The largest absolute Gasteiger partial charge is 0.358 e. The molecular weight excluding hydrogens is 220 g/mol. The van der Waals surface area contributed by atoms with Crippen LogP contribution in [0.4, 0.5) is 5.82 Å². The molecule has 1 fully saturated rings. The number of aromatic nitrogens is 2. The summed E-state index contributed by atoms with van der Waals surface area (Å²) in [5.41, 5.74) is 0. The molecule has 1 aromatic rings. The van der Waals surface area contributed by atoms with Crippen molar-refractivity contribution in [3.8, 4) is 0 Å². The molecule has 0 bridgehead atoms. The summed E-state index contributed by atoms with van der Waals surface area (Å²) >= 11 is 0. The number of hydrogen-bond donors (Lipinski definition) is 1. The van der Waals surface area contributed by atoms with Crippen molar-refractivity contribution in [3.05, 3.63) is 12.3 Å². The molecule has 0 radical (unpaired) electrons. The Morgan fingerprint density at radius 3 is 2.88 bits per heavy atom. The van der Waals surface area contributed by atoms with Gasteiger partial charge in [0.2, 0.25) is 5.91 Å². The van der Waals surface area contributed by atoms with E-state index in [2.05, 4.69) is 10.4 Å². The van der Waals surface area contributed by atoms with Crippen molar-refractivity contribution >= 4 is 17.6 Å². The van der Waals surface area contributed by atoms with Gasteiger partial charge in [0.1, 0.15) is 11.9 Å². The van der Waals surface area contributed by atoms with E-state index in [-0.39, 0.29) is 18.2 Å². The van der Waals surface area contributed by atoms with Crippen LogP contribution < -0.4 is 5.32 Å². The summed E-state index contributed by atoms with van der Waals surface area (Å²) in [5.74, 6) is 0.504. The lowest BCUT2D eigenvalue weighted by Gasteiger charge is -2.14. The standard InChI is InChI=1S/C11H16N4O2/c1-3-6-15-10(16)7-8(11(15)17)13-9-4-5-12-14(9)2/h4-5,8,13H,3,6-7H2,1-2H3. The molecule has 2 amide bonds. The maximum Gasteiger partial charge on any atom is 0.252 e. The third-order valence-electron chi connectivity index (χ3n) is 2.83. The molecule has 0 saturated carbocycles. The Morgan fingerprint density at radius 2 is 2.29 bits per heavy atom. The molecule has 0 aliphatic carbocycles. The Hall–Kier alpha value is -1.85. The number of rotatable bonds is 4. The van der Waals surface area contributed by atoms with E-state index >= 15 is 0 Å². The highest BCUT2D eigenvalue weighted by Crippen LogP contribution is 2.17. The molecule has 1 unspecified atom stereocenters. The number of hydrogen-bond acceptors (Lipinski definition) is 4. The van der Waals surface area contributed by atoms with Gasteiger partial charge in [-0.05, 0) is 6.42 Å². The van der Waals surface area contributed by atoms with Crippen molar-refractivity contribution in [2.24, 2.45) is 7.05 Å². The summed E-state index contributed by atoms with van der Waals surface area (Å²) < 4.78 is 1.64. The van der Waals surface area contributed by atoms with Crippen molar-refractivity contribution in [2.45, 2.75) is 25.8 Å². The molecule has 1 atom stereocenters. The number of aryl methyl sites for hydroxylation is 1. The summed E-state index contributed by atoms with van der Waals surface area (Å²) in [7, 11) is 1.79. The topological polar surface area (TPSA) is 67.2 Å². The van der Waals surface area contributed by atoms with E-state index in [1.165, 1.54) is 4.90 Å². The minimum atomic E-state index is -0.454. The lowest BCUT2D eigenvalue weighted by Crippen LogP contribution is -2.35. The van der Waals surface area contributed by atoms with Crippen LogP contribution >= 0.6 is 0 Å². The van der Waals surface area contributed by atoms with Crippen LogP contribution in [-0.2, 0) is 16.6 Å². The highest BCUT2D eigenvalue weighted by atomic mass is 16.2. The van der Waals surface area contributed by atoms with Crippen LogP contribution in [0.2, 0.25) is 0 Å². The van der Waals surface area contributed by atoms with Crippen LogP contribution in [0.25, 0.3) is 0 Å². The van der Waals surface area contributed by atoms with Gasteiger partial charge < -0.3 is 5.32 Å². The first kappa shape index (κ1) is 11.6. The second-order valence-electron chi connectivity index (χ2n) is 4.12. The van der Waals surface area contributed by atoms with E-state index in [1.54, 1.807) is 24.0 Å². The number of nitrogens with zero attached hydrogens (tertiary/aromatic N) is 3. The molecule has 6 nitrogen and oxygen atoms in total. The first-order valence-corrected chi connectivity index (χ1v) is 5.72. The van der Waals surface area contributed by atoms with Gasteiger partial charge in [-0.15, -0.1) is 0 Å². The fourth-order valence-electron chi connectivity index (χ4n) is 1.95. The zero-order valence-electron chi connectivity index (χ0n) is 10.0. The summed E-state index contributed by atoms with van der Waals surface area (Å²) in [6.07, 6.45) is 2.66. The van der Waals surface area contributed by atoms with Crippen molar-refractivity contribution in [2.75, 3.05) is 11.9 Å². The second-order valence-corrected chi connectivity index (χ2v) is 4.12. The Morgan fingerprint density at radius 1 is 1.53 bits per heavy atom. The molecule has 2 rings (SSSR count). The molecule has 6 heteroatoms. The van der Waals surface area contributed by atoms with Crippen LogP contribution in [-0.4, -0.2) is 39.1 Å². The molecule has 2 heterocycles. The fourth-order valence-corrected chi connectivity index (χ4v) is 1.95. The SMILES string of the molecule is CCCN1C(=O)CC(Nc2ccnn2C)C1=O. The Labute approximate surface area is 99.6 Å². The third kappa shape index (κ3) is 2.15. The van der Waals surface area contributed by atoms with Gasteiger partial charge in [0.15, 0.2) is 0 Å². The normalized spacial score (nSPS) is 20.1. The lowest BCUT2D eigenvalue weighted by molar-refractivity contribution is -0.138. The first-order chi connectivity index (χ1) is 8.13. The number of nitrogens with one attached hydrogen (secondary N) is 1. The fraction of sp³-hybridized carbons (Fsp3) is 0.545. The Balaban J connectivity index is 2.07. The number of anilines is 1. The molecule has 0 aromatic carbocycles. The van der Waals surface area contributed by atoms with Crippen molar-refractivity contribution in [3.63, 3.8) is 0 Å². The number of amides is 2. The first-order valence-electron chi connectivity index (χ1n) is 5.72. The number of carbonyl (C=O) groups is 2. The van der Waals surface area contributed by atoms with E-state index in [1.807, 2.05) is 6.92 Å². The molecule has 1 aromatic heterocycles. The van der Waals surface area contributed by atoms with Gasteiger partial charge in [0, 0.05) is 19.7 Å². The smallest absolute Gasteiger partial charge is 0.252 e. The maximum atomic E-state index is 12.0. The van der Waals surface area contributed by atoms with Gasteiger partial charge >= 0.3 is 0 Å². The molecule has 92 valence electrons. The molecule has 1 aliphatic heterocycles. The van der Waals surface area contributed by atoms with E-state index in [4.69, 9.17) is 0 Å². The van der Waals surface area contributed by atoms with E-state index in [0.29, 0.717) is 6.54 Å². The summed E-state index contributed by atoms with van der Waals surface area (Å²) in [6, 6.07) is 1.32.